The molecule has 2 N–H and O–H groups in total. The van der Waals surface area contributed by atoms with Crippen molar-refractivity contribution in [1.82, 2.24) is 10.6 Å². The van der Waals surface area contributed by atoms with Crippen molar-refractivity contribution in [3.8, 4) is 0 Å². The highest BCUT2D eigenvalue weighted by Gasteiger charge is 2.13. The lowest BCUT2D eigenvalue weighted by atomic mass is 10.0. The normalized spacial score (nSPS) is 16.5. The van der Waals surface area contributed by atoms with Crippen LogP contribution in [0.1, 0.15) is 38.3 Å². The molecule has 0 aliphatic carbocycles. The molecular weight excluding hydrogens is 268 g/mol. The van der Waals surface area contributed by atoms with Gasteiger partial charge in [0.05, 0.1) is 5.02 Å². The SMILES string of the molecule is C/C=C(\NC1=C(C)CCNC1)c1cccc(CC)c1Cl. The molecule has 2 rings (SSSR count). The predicted octanol–water partition coefficient (Wildman–Crippen LogP) is 4.12. The van der Waals surface area contributed by atoms with E-state index in [1.54, 1.807) is 0 Å². The van der Waals surface area contributed by atoms with Gasteiger partial charge in [-0.2, -0.15) is 0 Å². The van der Waals surface area contributed by atoms with Crippen LogP contribution >= 0.6 is 11.6 Å². The highest BCUT2D eigenvalue weighted by molar-refractivity contribution is 6.33. The molecule has 0 amide bonds. The van der Waals surface area contributed by atoms with Crippen molar-refractivity contribution in [2.45, 2.75) is 33.6 Å². The summed E-state index contributed by atoms with van der Waals surface area (Å²) in [5.74, 6) is 0. The summed E-state index contributed by atoms with van der Waals surface area (Å²) in [5, 5.41) is 7.82. The molecule has 1 heterocycles. The molecule has 1 aromatic rings. The molecule has 0 fully saturated rings. The Kier molecular flexibility index (Phi) is 5.27. The summed E-state index contributed by atoms with van der Waals surface area (Å²) in [5.41, 5.74) is 6.05. The topological polar surface area (TPSA) is 24.1 Å². The Balaban J connectivity index is 2.30. The van der Waals surface area contributed by atoms with Gasteiger partial charge < -0.3 is 10.6 Å². The molecule has 108 valence electrons. The lowest BCUT2D eigenvalue weighted by Gasteiger charge is -2.23. The van der Waals surface area contributed by atoms with E-state index in [0.717, 1.165) is 42.2 Å². The molecule has 1 aromatic carbocycles. The second-order valence-corrected chi connectivity index (χ2v) is 5.52. The van der Waals surface area contributed by atoms with Crippen molar-refractivity contribution in [1.29, 1.82) is 0 Å². The summed E-state index contributed by atoms with van der Waals surface area (Å²) in [4.78, 5) is 0. The van der Waals surface area contributed by atoms with Crippen LogP contribution in [0.3, 0.4) is 0 Å². The Morgan fingerprint density at radius 2 is 2.25 bits per heavy atom. The molecule has 3 heteroatoms. The first-order chi connectivity index (χ1) is 9.67. The quantitative estimate of drug-likeness (QED) is 0.871. The van der Waals surface area contributed by atoms with E-state index in [1.165, 1.54) is 16.8 Å². The minimum Gasteiger partial charge on any atom is -0.358 e. The summed E-state index contributed by atoms with van der Waals surface area (Å²) < 4.78 is 0. The van der Waals surface area contributed by atoms with E-state index in [1.807, 2.05) is 6.92 Å². The van der Waals surface area contributed by atoms with Crippen LogP contribution in [0.2, 0.25) is 5.02 Å². The Morgan fingerprint density at radius 3 is 2.90 bits per heavy atom. The van der Waals surface area contributed by atoms with Crippen molar-refractivity contribution < 1.29 is 0 Å². The van der Waals surface area contributed by atoms with Crippen molar-refractivity contribution in [3.05, 3.63) is 51.7 Å². The van der Waals surface area contributed by atoms with Gasteiger partial charge in [0, 0.05) is 23.5 Å². The van der Waals surface area contributed by atoms with E-state index in [-0.39, 0.29) is 0 Å². The van der Waals surface area contributed by atoms with Gasteiger partial charge in [0.15, 0.2) is 0 Å². The van der Waals surface area contributed by atoms with E-state index in [9.17, 15) is 0 Å². The van der Waals surface area contributed by atoms with Gasteiger partial charge in [0.1, 0.15) is 0 Å². The first kappa shape index (κ1) is 15.1. The van der Waals surface area contributed by atoms with E-state index in [4.69, 9.17) is 11.6 Å². The van der Waals surface area contributed by atoms with E-state index >= 15 is 0 Å². The molecule has 0 unspecified atom stereocenters. The number of hydrogen-bond donors (Lipinski definition) is 2. The highest BCUT2D eigenvalue weighted by atomic mass is 35.5. The van der Waals surface area contributed by atoms with Crippen LogP contribution in [0.5, 0.6) is 0 Å². The van der Waals surface area contributed by atoms with Crippen LogP contribution in [-0.4, -0.2) is 13.1 Å². The molecule has 0 spiro atoms. The molecule has 20 heavy (non-hydrogen) atoms. The smallest absolute Gasteiger partial charge is 0.0530 e. The zero-order valence-electron chi connectivity index (χ0n) is 12.5. The van der Waals surface area contributed by atoms with Gasteiger partial charge in [-0.3, -0.25) is 0 Å². The highest BCUT2D eigenvalue weighted by Crippen LogP contribution is 2.27. The maximum atomic E-state index is 6.52. The predicted molar refractivity (Wildman–Crippen MR) is 87.8 cm³/mol. The molecule has 2 nitrogen and oxygen atoms in total. The van der Waals surface area contributed by atoms with Crippen molar-refractivity contribution >= 4 is 17.3 Å². The van der Waals surface area contributed by atoms with Gasteiger partial charge in [-0.15, -0.1) is 0 Å². The van der Waals surface area contributed by atoms with E-state index in [2.05, 4.69) is 48.8 Å². The maximum Gasteiger partial charge on any atom is 0.0530 e. The third-order valence-corrected chi connectivity index (χ3v) is 4.26. The van der Waals surface area contributed by atoms with Gasteiger partial charge in [-0.05, 0) is 38.8 Å². The standard InChI is InChI=1S/C17H23ClN2/c1-4-13-7-6-8-14(17(13)18)15(5-2)20-16-11-19-10-9-12(16)3/h5-8,19-20H,4,9-11H2,1-3H3/b15-5-. The Labute approximate surface area is 126 Å². The number of hydrogen-bond acceptors (Lipinski definition) is 2. The fourth-order valence-electron chi connectivity index (χ4n) is 2.46. The summed E-state index contributed by atoms with van der Waals surface area (Å²) in [6, 6.07) is 6.24. The van der Waals surface area contributed by atoms with Gasteiger partial charge in [-0.1, -0.05) is 48.4 Å². The second kappa shape index (κ2) is 6.96. The number of halogens is 1. The van der Waals surface area contributed by atoms with Crippen molar-refractivity contribution in [2.75, 3.05) is 13.1 Å². The van der Waals surface area contributed by atoms with Crippen LogP contribution < -0.4 is 10.6 Å². The number of rotatable bonds is 4. The molecule has 1 aliphatic rings. The van der Waals surface area contributed by atoms with Gasteiger partial charge in [-0.25, -0.2) is 0 Å². The third kappa shape index (κ3) is 3.25. The maximum absolute atomic E-state index is 6.52. The zero-order chi connectivity index (χ0) is 14.5. The minimum atomic E-state index is 0.859. The average molecular weight is 291 g/mol. The molecule has 1 aliphatic heterocycles. The molecule has 0 atom stereocenters. The van der Waals surface area contributed by atoms with Crippen LogP contribution in [-0.2, 0) is 6.42 Å². The summed E-state index contributed by atoms with van der Waals surface area (Å²) in [6.07, 6.45) is 4.14. The number of allylic oxidation sites excluding steroid dienone is 1. The van der Waals surface area contributed by atoms with Gasteiger partial charge >= 0.3 is 0 Å². The number of benzene rings is 1. The number of aryl methyl sites for hydroxylation is 1. The van der Waals surface area contributed by atoms with Crippen LogP contribution in [0, 0.1) is 0 Å². The van der Waals surface area contributed by atoms with Crippen molar-refractivity contribution in [3.63, 3.8) is 0 Å². The summed E-state index contributed by atoms with van der Waals surface area (Å²) in [6.45, 7) is 8.33. The Morgan fingerprint density at radius 1 is 1.45 bits per heavy atom. The van der Waals surface area contributed by atoms with Gasteiger partial charge in [0.2, 0.25) is 0 Å². The summed E-state index contributed by atoms with van der Waals surface area (Å²) in [7, 11) is 0. The van der Waals surface area contributed by atoms with Gasteiger partial charge in [0.25, 0.3) is 0 Å². The minimum absolute atomic E-state index is 0.859. The summed E-state index contributed by atoms with van der Waals surface area (Å²) >= 11 is 6.52. The monoisotopic (exact) mass is 290 g/mol. The second-order valence-electron chi connectivity index (χ2n) is 5.15. The molecule has 0 saturated carbocycles. The molecule has 0 saturated heterocycles. The number of nitrogens with one attached hydrogen (secondary N) is 2. The third-order valence-electron chi connectivity index (χ3n) is 3.82. The first-order valence-corrected chi connectivity index (χ1v) is 7.65. The fraction of sp³-hybridized carbons (Fsp3) is 0.412. The van der Waals surface area contributed by atoms with Crippen LogP contribution in [0.15, 0.2) is 35.5 Å². The van der Waals surface area contributed by atoms with Crippen molar-refractivity contribution in [2.24, 2.45) is 0 Å². The largest absolute Gasteiger partial charge is 0.358 e. The van der Waals surface area contributed by atoms with Crippen LogP contribution in [0.4, 0.5) is 0 Å². The first-order valence-electron chi connectivity index (χ1n) is 7.27. The molecular formula is C17H23ClN2. The molecule has 0 bridgehead atoms. The lowest BCUT2D eigenvalue weighted by Crippen LogP contribution is -2.31. The molecule has 0 radical (unpaired) electrons. The fourth-order valence-corrected chi connectivity index (χ4v) is 2.82. The van der Waals surface area contributed by atoms with E-state index < -0.39 is 0 Å². The average Bonchev–Trinajstić information content (AvgIpc) is 2.47. The van der Waals surface area contributed by atoms with Crippen LogP contribution in [0.25, 0.3) is 5.70 Å². The Hall–Kier alpha value is -1.25. The molecule has 0 aromatic heterocycles. The lowest BCUT2D eigenvalue weighted by molar-refractivity contribution is 0.655. The zero-order valence-corrected chi connectivity index (χ0v) is 13.3. The van der Waals surface area contributed by atoms with E-state index in [0.29, 0.717) is 0 Å². The Bertz CT molecular complexity index is 544.